The van der Waals surface area contributed by atoms with Crippen molar-refractivity contribution >= 4 is 11.9 Å². The van der Waals surface area contributed by atoms with Gasteiger partial charge in [-0.2, -0.15) is 0 Å². The molecular weight excluding hydrogens is 220 g/mol. The first-order chi connectivity index (χ1) is 7.61. The Morgan fingerprint density at radius 3 is 2.44 bits per heavy atom. The summed E-state index contributed by atoms with van der Waals surface area (Å²) in [5.41, 5.74) is 1.31. The summed E-state index contributed by atoms with van der Waals surface area (Å²) >= 11 is 0. The fourth-order valence-electron chi connectivity index (χ4n) is 1.000. The van der Waals surface area contributed by atoms with Crippen LogP contribution in [0.1, 0.15) is 13.8 Å². The number of carbonyl (C=O) groups is 2. The number of hydrogen-bond acceptors (Lipinski definition) is 8. The standard InChI is InChI=1S/C8H12N2O6/c1-3-14-7(11)5-6(8(12)15-4-2)10(13)16-9-5/h9,13H,3-4H2,1-2H3. The fraction of sp³-hybridized carbons (Fsp3) is 0.500. The zero-order chi connectivity index (χ0) is 12.1. The Hall–Kier alpha value is -1.80. The molecule has 90 valence electrons. The van der Waals surface area contributed by atoms with Gasteiger partial charge in [-0.1, -0.05) is 5.23 Å². The molecule has 0 spiro atoms. The molecule has 0 radical (unpaired) electrons. The van der Waals surface area contributed by atoms with Crippen LogP contribution in [-0.4, -0.2) is 35.6 Å². The van der Waals surface area contributed by atoms with Crippen LogP contribution < -0.4 is 5.48 Å². The fourth-order valence-corrected chi connectivity index (χ4v) is 1.000. The lowest BCUT2D eigenvalue weighted by Gasteiger charge is -2.08. The van der Waals surface area contributed by atoms with E-state index < -0.39 is 17.6 Å². The van der Waals surface area contributed by atoms with Gasteiger partial charge in [0, 0.05) is 0 Å². The van der Waals surface area contributed by atoms with E-state index in [-0.39, 0.29) is 24.1 Å². The van der Waals surface area contributed by atoms with Crippen molar-refractivity contribution in [2.45, 2.75) is 13.8 Å². The number of nitrogens with zero attached hydrogens (tertiary/aromatic N) is 1. The maximum atomic E-state index is 11.4. The number of rotatable bonds is 4. The van der Waals surface area contributed by atoms with E-state index in [2.05, 4.69) is 19.9 Å². The van der Waals surface area contributed by atoms with Crippen molar-refractivity contribution in [3.05, 3.63) is 11.4 Å². The molecule has 2 N–H and O–H groups in total. The molecule has 16 heavy (non-hydrogen) atoms. The molecule has 8 nitrogen and oxygen atoms in total. The molecule has 0 fully saturated rings. The van der Waals surface area contributed by atoms with Crippen LogP contribution in [0.5, 0.6) is 0 Å². The van der Waals surface area contributed by atoms with E-state index in [1.165, 1.54) is 0 Å². The maximum Gasteiger partial charge on any atom is 0.362 e. The zero-order valence-corrected chi connectivity index (χ0v) is 8.85. The second-order valence-electron chi connectivity index (χ2n) is 2.63. The van der Waals surface area contributed by atoms with Crippen molar-refractivity contribution in [2.75, 3.05) is 13.2 Å². The van der Waals surface area contributed by atoms with Crippen LogP contribution >= 0.6 is 0 Å². The zero-order valence-electron chi connectivity index (χ0n) is 8.85. The minimum absolute atomic E-state index is 0.103. The Morgan fingerprint density at radius 2 is 1.88 bits per heavy atom. The van der Waals surface area contributed by atoms with Crippen molar-refractivity contribution in [3.63, 3.8) is 0 Å². The van der Waals surface area contributed by atoms with Crippen molar-refractivity contribution in [2.24, 2.45) is 0 Å². The van der Waals surface area contributed by atoms with E-state index in [0.717, 1.165) is 0 Å². The van der Waals surface area contributed by atoms with Gasteiger partial charge in [-0.05, 0) is 13.8 Å². The predicted molar refractivity (Wildman–Crippen MR) is 48.1 cm³/mol. The van der Waals surface area contributed by atoms with Crippen LogP contribution in [0, 0.1) is 0 Å². The average molecular weight is 232 g/mol. The second-order valence-corrected chi connectivity index (χ2v) is 2.63. The van der Waals surface area contributed by atoms with Gasteiger partial charge in [0.25, 0.3) is 0 Å². The van der Waals surface area contributed by atoms with E-state index in [1.54, 1.807) is 13.8 Å². The third-order valence-corrected chi connectivity index (χ3v) is 1.61. The van der Waals surface area contributed by atoms with Gasteiger partial charge in [-0.3, -0.25) is 5.21 Å². The van der Waals surface area contributed by atoms with Gasteiger partial charge in [-0.25, -0.2) is 15.1 Å². The largest absolute Gasteiger partial charge is 0.461 e. The van der Waals surface area contributed by atoms with Gasteiger partial charge < -0.3 is 9.47 Å². The molecule has 0 amide bonds. The van der Waals surface area contributed by atoms with E-state index >= 15 is 0 Å². The molecule has 1 rings (SSSR count). The number of ether oxygens (including phenoxy) is 2. The van der Waals surface area contributed by atoms with E-state index in [1.807, 2.05) is 0 Å². The summed E-state index contributed by atoms with van der Waals surface area (Å²) in [7, 11) is 0. The van der Waals surface area contributed by atoms with Crippen LogP contribution in [0.15, 0.2) is 11.4 Å². The Bertz CT molecular complexity index is 326. The molecule has 1 aliphatic rings. The molecule has 8 heteroatoms. The lowest BCUT2D eigenvalue weighted by Crippen LogP contribution is -2.22. The number of hydrogen-bond donors (Lipinski definition) is 2. The molecule has 0 atom stereocenters. The first-order valence-electron chi connectivity index (χ1n) is 4.62. The highest BCUT2D eigenvalue weighted by molar-refractivity contribution is 5.99. The monoisotopic (exact) mass is 232 g/mol. The Labute approximate surface area is 91.2 Å². The average Bonchev–Trinajstić information content (AvgIpc) is 2.61. The first kappa shape index (κ1) is 12.3. The first-order valence-corrected chi connectivity index (χ1v) is 4.62. The van der Waals surface area contributed by atoms with Crippen LogP contribution in [0.25, 0.3) is 0 Å². The summed E-state index contributed by atoms with van der Waals surface area (Å²) in [6, 6.07) is 0. The topological polar surface area (TPSA) is 97.3 Å². The number of hydroxylamine groups is 3. The van der Waals surface area contributed by atoms with Gasteiger partial charge in [0.05, 0.1) is 13.2 Å². The second kappa shape index (κ2) is 5.33. The Morgan fingerprint density at radius 1 is 1.31 bits per heavy atom. The van der Waals surface area contributed by atoms with Gasteiger partial charge in [0.15, 0.2) is 5.70 Å². The lowest BCUT2D eigenvalue weighted by atomic mass is 10.3. The third-order valence-electron chi connectivity index (χ3n) is 1.61. The maximum absolute atomic E-state index is 11.4. The molecule has 1 heterocycles. The van der Waals surface area contributed by atoms with E-state index in [0.29, 0.717) is 0 Å². The Kier molecular flexibility index (Phi) is 4.09. The summed E-state index contributed by atoms with van der Waals surface area (Å²) in [5, 5.41) is 9.27. The number of nitrogens with one attached hydrogen (secondary N) is 1. The van der Waals surface area contributed by atoms with Crippen LogP contribution in [0.3, 0.4) is 0 Å². The highest BCUT2D eigenvalue weighted by atomic mass is 17.0. The molecule has 0 unspecified atom stereocenters. The van der Waals surface area contributed by atoms with Crippen LogP contribution in [0.2, 0.25) is 0 Å². The molecule has 1 aliphatic heterocycles. The molecule has 0 aromatic heterocycles. The van der Waals surface area contributed by atoms with Crippen LogP contribution in [-0.2, 0) is 24.0 Å². The molecule has 0 saturated heterocycles. The highest BCUT2D eigenvalue weighted by Gasteiger charge is 2.35. The van der Waals surface area contributed by atoms with Gasteiger partial charge >= 0.3 is 11.9 Å². The molecule has 0 bridgehead atoms. The summed E-state index contributed by atoms with van der Waals surface area (Å²) in [6.45, 7) is 3.43. The van der Waals surface area contributed by atoms with Gasteiger partial charge in [0.1, 0.15) is 0 Å². The van der Waals surface area contributed by atoms with Crippen LogP contribution in [0.4, 0.5) is 0 Å². The molecule has 0 aliphatic carbocycles. The lowest BCUT2D eigenvalue weighted by molar-refractivity contribution is -0.323. The van der Waals surface area contributed by atoms with Crippen molar-refractivity contribution in [1.29, 1.82) is 0 Å². The normalized spacial score (nSPS) is 14.8. The molecule has 0 saturated carbocycles. The summed E-state index contributed by atoms with van der Waals surface area (Å²) in [5.74, 6) is -1.71. The third kappa shape index (κ3) is 2.41. The molecular formula is C8H12N2O6. The summed E-state index contributed by atoms with van der Waals surface area (Å²) in [6.07, 6.45) is 0. The number of esters is 2. The smallest absolute Gasteiger partial charge is 0.362 e. The van der Waals surface area contributed by atoms with E-state index in [9.17, 15) is 9.59 Å². The Balaban J connectivity index is 2.91. The van der Waals surface area contributed by atoms with Gasteiger partial charge in [-0.15, -0.1) is 4.94 Å². The van der Waals surface area contributed by atoms with Crippen molar-refractivity contribution < 1.29 is 29.2 Å². The van der Waals surface area contributed by atoms with Crippen molar-refractivity contribution in [1.82, 2.24) is 10.7 Å². The van der Waals surface area contributed by atoms with E-state index in [4.69, 9.17) is 5.21 Å². The molecule has 0 aromatic rings. The minimum atomic E-state index is -0.891. The summed E-state index contributed by atoms with van der Waals surface area (Å²) in [4.78, 5) is 27.1. The van der Waals surface area contributed by atoms with Crippen molar-refractivity contribution in [3.8, 4) is 0 Å². The highest BCUT2D eigenvalue weighted by Crippen LogP contribution is 2.16. The number of carbonyl (C=O) groups excluding carboxylic acids is 2. The minimum Gasteiger partial charge on any atom is -0.461 e. The summed E-state index contributed by atoms with van der Waals surface area (Å²) < 4.78 is 9.28. The SMILES string of the molecule is CCOC(=O)C1=C(C(=O)OCC)N(O)ON1. The molecule has 0 aromatic carbocycles. The predicted octanol–water partition coefficient (Wildman–Crippen LogP) is -0.535. The van der Waals surface area contributed by atoms with Gasteiger partial charge in [0.2, 0.25) is 5.70 Å². The quantitative estimate of drug-likeness (QED) is 0.624.